The predicted molar refractivity (Wildman–Crippen MR) is 97.6 cm³/mol. The highest BCUT2D eigenvalue weighted by molar-refractivity contribution is 8.00. The van der Waals surface area contributed by atoms with Crippen LogP contribution in [0, 0.1) is 0 Å². The number of fused-ring (bicyclic) bond motifs is 1. The Hall–Kier alpha value is -1.98. The van der Waals surface area contributed by atoms with Crippen molar-refractivity contribution in [1.82, 2.24) is 4.90 Å². The maximum Gasteiger partial charge on any atom is 0.253 e. The number of hydrogen-bond acceptors (Lipinski definition) is 3. The number of rotatable bonds is 3. The van der Waals surface area contributed by atoms with Crippen molar-refractivity contribution >= 4 is 40.9 Å². The van der Waals surface area contributed by atoms with E-state index in [9.17, 15) is 9.59 Å². The minimum atomic E-state index is -0.121. The fraction of sp³-hybridized carbons (Fsp3) is 0.222. The SMILES string of the molecule is CC1Sc2ccc(C(=O)N(C)Cc3cccc(Cl)c3)cc2NC1=O. The zero-order chi connectivity index (χ0) is 17.3. The van der Waals surface area contributed by atoms with E-state index in [2.05, 4.69) is 5.32 Å². The van der Waals surface area contributed by atoms with Crippen molar-refractivity contribution in [2.45, 2.75) is 23.6 Å². The number of benzene rings is 2. The summed E-state index contributed by atoms with van der Waals surface area (Å²) in [6.45, 7) is 2.33. The Balaban J connectivity index is 1.77. The fourth-order valence-corrected chi connectivity index (χ4v) is 3.69. The lowest BCUT2D eigenvalue weighted by Crippen LogP contribution is -2.28. The molecule has 2 aromatic carbocycles. The maximum atomic E-state index is 12.6. The molecule has 1 aliphatic rings. The minimum absolute atomic E-state index is 0.0376. The van der Waals surface area contributed by atoms with E-state index in [0.717, 1.165) is 10.5 Å². The lowest BCUT2D eigenvalue weighted by Gasteiger charge is -2.23. The maximum absolute atomic E-state index is 12.6. The topological polar surface area (TPSA) is 49.4 Å². The van der Waals surface area contributed by atoms with Crippen molar-refractivity contribution in [2.24, 2.45) is 0 Å². The van der Waals surface area contributed by atoms with Gasteiger partial charge in [0.15, 0.2) is 0 Å². The van der Waals surface area contributed by atoms with Crippen molar-refractivity contribution in [3.63, 3.8) is 0 Å². The smallest absolute Gasteiger partial charge is 0.253 e. The van der Waals surface area contributed by atoms with Gasteiger partial charge in [0, 0.05) is 29.1 Å². The molecule has 1 N–H and O–H groups in total. The first-order valence-corrected chi connectivity index (χ1v) is 8.81. The highest BCUT2D eigenvalue weighted by Crippen LogP contribution is 2.36. The van der Waals surface area contributed by atoms with E-state index in [-0.39, 0.29) is 17.1 Å². The molecule has 1 aliphatic heterocycles. The highest BCUT2D eigenvalue weighted by Gasteiger charge is 2.24. The molecule has 0 spiro atoms. The Labute approximate surface area is 150 Å². The Morgan fingerprint density at radius 1 is 1.29 bits per heavy atom. The fourth-order valence-electron chi connectivity index (χ4n) is 2.54. The summed E-state index contributed by atoms with van der Waals surface area (Å²) in [5.74, 6) is -0.139. The molecule has 24 heavy (non-hydrogen) atoms. The predicted octanol–water partition coefficient (Wildman–Crippen LogP) is 4.04. The van der Waals surface area contributed by atoms with Gasteiger partial charge in [-0.15, -0.1) is 11.8 Å². The summed E-state index contributed by atoms with van der Waals surface area (Å²) in [6, 6.07) is 12.9. The lowest BCUT2D eigenvalue weighted by molar-refractivity contribution is -0.115. The Bertz CT molecular complexity index is 809. The average molecular weight is 361 g/mol. The van der Waals surface area contributed by atoms with E-state index in [1.54, 1.807) is 30.1 Å². The van der Waals surface area contributed by atoms with E-state index in [4.69, 9.17) is 11.6 Å². The number of hydrogen-bond donors (Lipinski definition) is 1. The van der Waals surface area contributed by atoms with E-state index < -0.39 is 0 Å². The molecule has 6 heteroatoms. The van der Waals surface area contributed by atoms with Crippen LogP contribution in [-0.4, -0.2) is 29.0 Å². The van der Waals surface area contributed by atoms with Crippen LogP contribution in [0.1, 0.15) is 22.8 Å². The molecule has 3 rings (SSSR count). The van der Waals surface area contributed by atoms with Crippen LogP contribution < -0.4 is 5.32 Å². The van der Waals surface area contributed by atoms with Crippen LogP contribution in [0.2, 0.25) is 5.02 Å². The molecule has 0 radical (unpaired) electrons. The van der Waals surface area contributed by atoms with Crippen LogP contribution in [0.3, 0.4) is 0 Å². The number of nitrogens with one attached hydrogen (secondary N) is 1. The first kappa shape index (κ1) is 16.9. The summed E-state index contributed by atoms with van der Waals surface area (Å²) in [5.41, 5.74) is 2.22. The van der Waals surface area contributed by atoms with Gasteiger partial charge in [-0.3, -0.25) is 9.59 Å². The summed E-state index contributed by atoms with van der Waals surface area (Å²) in [7, 11) is 1.75. The number of thioether (sulfide) groups is 1. The second-order valence-electron chi connectivity index (χ2n) is 5.75. The normalized spacial score (nSPS) is 16.3. The zero-order valence-corrected chi connectivity index (χ0v) is 14.9. The van der Waals surface area contributed by atoms with Crippen molar-refractivity contribution in [1.29, 1.82) is 0 Å². The summed E-state index contributed by atoms with van der Waals surface area (Å²) in [4.78, 5) is 27.1. The molecular weight excluding hydrogens is 344 g/mol. The molecule has 1 unspecified atom stereocenters. The van der Waals surface area contributed by atoms with E-state index >= 15 is 0 Å². The van der Waals surface area contributed by atoms with Crippen LogP contribution >= 0.6 is 23.4 Å². The van der Waals surface area contributed by atoms with Gasteiger partial charge >= 0.3 is 0 Å². The first-order chi connectivity index (χ1) is 11.4. The third-order valence-electron chi connectivity index (χ3n) is 3.81. The standard InChI is InChI=1S/C18H17ClN2O2S/c1-11-17(22)20-15-9-13(6-7-16(15)24-11)18(23)21(2)10-12-4-3-5-14(19)8-12/h3-9,11H,10H2,1-2H3,(H,20,22). The first-order valence-electron chi connectivity index (χ1n) is 7.55. The number of anilines is 1. The second-order valence-corrected chi connectivity index (χ2v) is 7.57. The van der Waals surface area contributed by atoms with Gasteiger partial charge in [0.25, 0.3) is 5.91 Å². The van der Waals surface area contributed by atoms with Gasteiger partial charge < -0.3 is 10.2 Å². The van der Waals surface area contributed by atoms with E-state index in [1.165, 1.54) is 11.8 Å². The van der Waals surface area contributed by atoms with Crippen LogP contribution in [0.4, 0.5) is 5.69 Å². The van der Waals surface area contributed by atoms with Crippen LogP contribution in [0.5, 0.6) is 0 Å². The summed E-state index contributed by atoms with van der Waals surface area (Å²) >= 11 is 7.49. The number of halogens is 1. The quantitative estimate of drug-likeness (QED) is 0.898. The second kappa shape index (κ2) is 6.87. The van der Waals surface area contributed by atoms with Gasteiger partial charge in [0.2, 0.25) is 5.91 Å². The molecule has 1 atom stereocenters. The third-order valence-corrected chi connectivity index (χ3v) is 5.23. The molecule has 4 nitrogen and oxygen atoms in total. The molecule has 2 amide bonds. The van der Waals surface area contributed by atoms with Crippen LogP contribution in [0.25, 0.3) is 0 Å². The van der Waals surface area contributed by atoms with Crippen LogP contribution in [0.15, 0.2) is 47.4 Å². The van der Waals surface area contributed by atoms with Crippen molar-refractivity contribution in [2.75, 3.05) is 12.4 Å². The largest absolute Gasteiger partial charge is 0.337 e. The summed E-state index contributed by atoms with van der Waals surface area (Å²) < 4.78 is 0. The van der Waals surface area contributed by atoms with Crippen molar-refractivity contribution in [3.05, 3.63) is 58.6 Å². The van der Waals surface area contributed by atoms with Crippen molar-refractivity contribution in [3.8, 4) is 0 Å². The monoisotopic (exact) mass is 360 g/mol. The Morgan fingerprint density at radius 2 is 2.08 bits per heavy atom. The molecule has 0 aliphatic carbocycles. The molecule has 0 saturated heterocycles. The molecule has 2 aromatic rings. The average Bonchev–Trinajstić information content (AvgIpc) is 2.55. The highest BCUT2D eigenvalue weighted by atomic mass is 35.5. The van der Waals surface area contributed by atoms with Gasteiger partial charge in [-0.1, -0.05) is 23.7 Å². The van der Waals surface area contributed by atoms with E-state index in [0.29, 0.717) is 22.8 Å². The van der Waals surface area contributed by atoms with Gasteiger partial charge in [0.1, 0.15) is 0 Å². The van der Waals surface area contributed by atoms with Gasteiger partial charge in [-0.25, -0.2) is 0 Å². The molecule has 0 aromatic heterocycles. The molecule has 0 saturated carbocycles. The van der Waals surface area contributed by atoms with Crippen LogP contribution in [-0.2, 0) is 11.3 Å². The molecule has 124 valence electrons. The minimum Gasteiger partial charge on any atom is -0.337 e. The number of carbonyl (C=O) groups is 2. The number of amides is 2. The van der Waals surface area contributed by atoms with Gasteiger partial charge in [-0.05, 0) is 42.8 Å². The van der Waals surface area contributed by atoms with Gasteiger partial charge in [0.05, 0.1) is 10.9 Å². The Morgan fingerprint density at radius 3 is 2.83 bits per heavy atom. The Kier molecular flexibility index (Phi) is 4.83. The lowest BCUT2D eigenvalue weighted by atomic mass is 10.1. The summed E-state index contributed by atoms with van der Waals surface area (Å²) in [6.07, 6.45) is 0. The molecule has 1 heterocycles. The number of carbonyl (C=O) groups excluding carboxylic acids is 2. The molecular formula is C18H17ClN2O2S. The number of nitrogens with zero attached hydrogens (tertiary/aromatic N) is 1. The summed E-state index contributed by atoms with van der Waals surface area (Å²) in [5, 5.41) is 3.38. The zero-order valence-electron chi connectivity index (χ0n) is 13.4. The molecule has 0 bridgehead atoms. The van der Waals surface area contributed by atoms with Gasteiger partial charge in [-0.2, -0.15) is 0 Å². The van der Waals surface area contributed by atoms with Crippen molar-refractivity contribution < 1.29 is 9.59 Å². The third kappa shape index (κ3) is 3.57. The molecule has 0 fully saturated rings. The van der Waals surface area contributed by atoms with E-state index in [1.807, 2.05) is 31.2 Å².